The van der Waals surface area contributed by atoms with E-state index in [1.807, 2.05) is 0 Å². The van der Waals surface area contributed by atoms with E-state index in [0.29, 0.717) is 6.42 Å². The van der Waals surface area contributed by atoms with Crippen molar-refractivity contribution in [2.24, 2.45) is 5.41 Å². The van der Waals surface area contributed by atoms with Crippen LogP contribution in [0.1, 0.15) is 19.3 Å². The van der Waals surface area contributed by atoms with Gasteiger partial charge in [-0.1, -0.05) is 17.5 Å². The summed E-state index contributed by atoms with van der Waals surface area (Å²) in [5.41, 5.74) is -1.93. The Kier molecular flexibility index (Phi) is 4.93. The summed E-state index contributed by atoms with van der Waals surface area (Å²) in [6, 6.07) is 0. The van der Waals surface area contributed by atoms with Crippen LogP contribution in [0.3, 0.4) is 0 Å². The number of alkyl halides is 3. The number of halogens is 3. The van der Waals surface area contributed by atoms with E-state index in [9.17, 15) is 21.9 Å². The molecule has 0 radical (unpaired) electrons. The Morgan fingerprint density at radius 1 is 1.38 bits per heavy atom. The average Bonchev–Trinajstić information content (AvgIpc) is 1.74. The van der Waals surface area contributed by atoms with Gasteiger partial charge in [0.25, 0.3) is 0 Å². The summed E-state index contributed by atoms with van der Waals surface area (Å²) < 4.78 is 57.0. The molecule has 13 heavy (non-hydrogen) atoms. The Morgan fingerprint density at radius 2 is 1.85 bits per heavy atom. The van der Waals surface area contributed by atoms with Crippen LogP contribution in [0.5, 0.6) is 0 Å². The number of hydrogen-bond donors (Lipinski definition) is 0. The zero-order chi connectivity index (χ0) is 9.41. The van der Waals surface area contributed by atoms with Crippen molar-refractivity contribution < 1.29 is 51.5 Å². The topological polar surface area (TPSA) is 40.1 Å². The molecule has 72 valence electrons. The molecule has 0 saturated heterocycles. The first-order chi connectivity index (χ1) is 5.37. The van der Waals surface area contributed by atoms with Crippen LogP contribution in [-0.2, 0) is 11.1 Å². The third-order valence-corrected chi connectivity index (χ3v) is 3.09. The first-order valence-electron chi connectivity index (χ1n) is 3.50. The maximum absolute atomic E-state index is 12.2. The first kappa shape index (κ1) is 13.9. The van der Waals surface area contributed by atoms with Gasteiger partial charge in [-0.2, -0.15) is 13.2 Å². The molecule has 7 heteroatoms. The van der Waals surface area contributed by atoms with Crippen LogP contribution >= 0.6 is 0 Å². The van der Waals surface area contributed by atoms with Crippen LogP contribution < -0.4 is 29.6 Å². The Morgan fingerprint density at radius 3 is 1.92 bits per heavy atom. The molecule has 0 heterocycles. The van der Waals surface area contributed by atoms with E-state index >= 15 is 0 Å². The fraction of sp³-hybridized carbons (Fsp3) is 1.00. The monoisotopic (exact) mass is 224 g/mol. The van der Waals surface area contributed by atoms with Crippen LogP contribution in [0.15, 0.2) is 0 Å². The summed E-state index contributed by atoms with van der Waals surface area (Å²) >= 11 is -2.60. The van der Waals surface area contributed by atoms with Gasteiger partial charge in [0.05, 0.1) is 5.41 Å². The van der Waals surface area contributed by atoms with Gasteiger partial charge in [-0.15, -0.1) is 0 Å². The molecule has 0 bridgehead atoms. The minimum absolute atomic E-state index is 0. The zero-order valence-corrected chi connectivity index (χ0v) is 10.0. The third-order valence-electron chi connectivity index (χ3n) is 2.31. The van der Waals surface area contributed by atoms with Crippen molar-refractivity contribution in [1.82, 2.24) is 0 Å². The molecular formula is C6H8F3NaO2S. The van der Waals surface area contributed by atoms with Gasteiger partial charge in [-0.25, -0.2) is 0 Å². The van der Waals surface area contributed by atoms with Crippen molar-refractivity contribution in [1.29, 1.82) is 0 Å². The van der Waals surface area contributed by atoms with E-state index in [1.54, 1.807) is 0 Å². The van der Waals surface area contributed by atoms with Crippen molar-refractivity contribution in [2.75, 3.05) is 5.75 Å². The summed E-state index contributed by atoms with van der Waals surface area (Å²) in [7, 11) is 0. The average molecular weight is 224 g/mol. The van der Waals surface area contributed by atoms with Crippen molar-refractivity contribution in [3.63, 3.8) is 0 Å². The van der Waals surface area contributed by atoms with Crippen LogP contribution in [0.2, 0.25) is 0 Å². The van der Waals surface area contributed by atoms with Crippen LogP contribution in [-0.4, -0.2) is 20.7 Å². The second-order valence-electron chi connectivity index (χ2n) is 3.08. The molecule has 0 N–H and O–H groups in total. The van der Waals surface area contributed by atoms with Gasteiger partial charge in [-0.05, 0) is 12.8 Å². The smallest absolute Gasteiger partial charge is 0.772 e. The fourth-order valence-corrected chi connectivity index (χ4v) is 2.24. The molecule has 0 spiro atoms. The normalized spacial score (nSPS) is 22.8. The molecular weight excluding hydrogens is 216 g/mol. The molecule has 0 aromatic rings. The number of hydrogen-bond acceptors (Lipinski definition) is 2. The fourth-order valence-electron chi connectivity index (χ4n) is 1.34. The van der Waals surface area contributed by atoms with Crippen molar-refractivity contribution in [3.8, 4) is 0 Å². The predicted octanol–water partition coefficient (Wildman–Crippen LogP) is -1.40. The Labute approximate surface area is 98.8 Å². The summed E-state index contributed by atoms with van der Waals surface area (Å²) in [6.45, 7) is 0. The summed E-state index contributed by atoms with van der Waals surface area (Å²) in [5, 5.41) is 0. The van der Waals surface area contributed by atoms with Crippen LogP contribution in [0, 0.1) is 5.41 Å². The molecule has 1 atom stereocenters. The summed E-state index contributed by atoms with van der Waals surface area (Å²) in [6.07, 6.45) is -4.00. The summed E-state index contributed by atoms with van der Waals surface area (Å²) in [5.74, 6) is -0.781. The molecule has 1 aliphatic carbocycles. The Balaban J connectivity index is 0.00000144. The third kappa shape index (κ3) is 2.92. The van der Waals surface area contributed by atoms with Crippen molar-refractivity contribution in [3.05, 3.63) is 0 Å². The van der Waals surface area contributed by atoms with E-state index in [2.05, 4.69) is 0 Å². The van der Waals surface area contributed by atoms with Gasteiger partial charge >= 0.3 is 35.7 Å². The second kappa shape index (κ2) is 4.61. The minimum atomic E-state index is -4.37. The van der Waals surface area contributed by atoms with Crippen LogP contribution in [0.25, 0.3) is 0 Å². The van der Waals surface area contributed by atoms with E-state index in [1.165, 1.54) is 0 Å². The zero-order valence-electron chi connectivity index (χ0n) is 7.19. The summed E-state index contributed by atoms with van der Waals surface area (Å²) in [4.78, 5) is 0. The van der Waals surface area contributed by atoms with Crippen molar-refractivity contribution >= 4 is 11.1 Å². The molecule has 1 rings (SSSR count). The predicted molar refractivity (Wildman–Crippen MR) is 36.1 cm³/mol. The van der Waals surface area contributed by atoms with E-state index < -0.39 is 28.4 Å². The first-order valence-corrected chi connectivity index (χ1v) is 4.74. The van der Waals surface area contributed by atoms with E-state index in [0.717, 1.165) is 0 Å². The standard InChI is InChI=1S/C6H9F3O2S.Na/c7-6(8,9)5(2-1-3-5)4-12(10)11;/h1-4H2,(H,10,11);/q;+1/p-1. The van der Waals surface area contributed by atoms with E-state index in [-0.39, 0.29) is 42.4 Å². The molecule has 0 aromatic heterocycles. The van der Waals surface area contributed by atoms with Crippen LogP contribution in [0.4, 0.5) is 13.2 Å². The quantitative estimate of drug-likeness (QED) is 0.427. The van der Waals surface area contributed by atoms with Gasteiger partial charge < -0.3 is 4.55 Å². The van der Waals surface area contributed by atoms with E-state index in [4.69, 9.17) is 0 Å². The second-order valence-corrected chi connectivity index (χ2v) is 3.98. The Hall–Kier alpha value is 0.900. The van der Waals surface area contributed by atoms with Gasteiger partial charge in [-0.3, -0.25) is 4.21 Å². The largest absolute Gasteiger partial charge is 1.00 e. The Bertz CT molecular complexity index is 203. The molecule has 0 amide bonds. The molecule has 0 aromatic carbocycles. The maximum Gasteiger partial charge on any atom is 1.00 e. The molecule has 1 saturated carbocycles. The SMILES string of the molecule is O=S([O-])CC1(C(F)(F)F)CCC1.[Na+]. The maximum atomic E-state index is 12.2. The molecule has 2 nitrogen and oxygen atoms in total. The number of rotatable bonds is 2. The molecule has 0 aliphatic heterocycles. The molecule has 1 unspecified atom stereocenters. The van der Waals surface area contributed by atoms with Gasteiger partial charge in [0.2, 0.25) is 0 Å². The molecule has 1 aliphatic rings. The van der Waals surface area contributed by atoms with Gasteiger partial charge in [0, 0.05) is 5.75 Å². The van der Waals surface area contributed by atoms with Crippen molar-refractivity contribution in [2.45, 2.75) is 25.4 Å². The van der Waals surface area contributed by atoms with Gasteiger partial charge in [0.15, 0.2) is 0 Å². The van der Waals surface area contributed by atoms with Gasteiger partial charge in [0.1, 0.15) is 0 Å². The minimum Gasteiger partial charge on any atom is -0.772 e. The molecule has 1 fully saturated rings.